The normalized spacial score (nSPS) is 21.4. The van der Waals surface area contributed by atoms with Crippen LogP contribution >= 0.6 is 11.3 Å². The van der Waals surface area contributed by atoms with Crippen LogP contribution in [0.15, 0.2) is 9.00 Å². The highest BCUT2D eigenvalue weighted by molar-refractivity contribution is 7.91. The van der Waals surface area contributed by atoms with E-state index in [1.807, 2.05) is 7.05 Å². The molecule has 1 atom stereocenters. The second-order valence-electron chi connectivity index (χ2n) is 4.99. The quantitative estimate of drug-likeness (QED) is 0.877. The molecule has 0 aliphatic carbocycles. The lowest BCUT2D eigenvalue weighted by Gasteiger charge is -2.25. The van der Waals surface area contributed by atoms with E-state index < -0.39 is 10.0 Å². The Kier molecular flexibility index (Phi) is 4.14. The number of sulfonamides is 1. The SMILES string of the molecule is Cc1[nH]c(=O)sc1S(=O)(=O)N(C)CC1CCCN1C. The Labute approximate surface area is 117 Å². The molecule has 108 valence electrons. The third-order valence-electron chi connectivity index (χ3n) is 3.57. The van der Waals surface area contributed by atoms with Crippen molar-refractivity contribution in [1.29, 1.82) is 0 Å². The minimum Gasteiger partial charge on any atom is -0.315 e. The number of nitrogens with one attached hydrogen (secondary N) is 1. The number of likely N-dealkylation sites (N-methyl/N-ethyl adjacent to an activating group) is 2. The van der Waals surface area contributed by atoms with Crippen molar-refractivity contribution in [3.05, 3.63) is 15.4 Å². The number of hydrogen-bond donors (Lipinski definition) is 1. The molecule has 6 nitrogen and oxygen atoms in total. The first-order valence-electron chi connectivity index (χ1n) is 6.18. The molecule has 1 N–H and O–H groups in total. The third-order valence-corrected chi connectivity index (χ3v) is 6.97. The van der Waals surface area contributed by atoms with Gasteiger partial charge in [-0.05, 0) is 33.4 Å². The molecule has 0 amide bonds. The van der Waals surface area contributed by atoms with E-state index in [1.54, 1.807) is 14.0 Å². The summed E-state index contributed by atoms with van der Waals surface area (Å²) < 4.78 is 26.3. The number of aromatic amines is 1. The number of rotatable bonds is 4. The number of H-pyrrole nitrogens is 1. The summed E-state index contributed by atoms with van der Waals surface area (Å²) in [5.74, 6) is 0. The summed E-state index contributed by atoms with van der Waals surface area (Å²) in [6, 6.07) is 0.260. The molecule has 1 aliphatic rings. The number of thiazole rings is 1. The molecular formula is C11H19N3O3S2. The van der Waals surface area contributed by atoms with Crippen molar-refractivity contribution in [3.63, 3.8) is 0 Å². The fourth-order valence-electron chi connectivity index (χ4n) is 2.38. The van der Waals surface area contributed by atoms with Crippen LogP contribution in [0.3, 0.4) is 0 Å². The van der Waals surface area contributed by atoms with Gasteiger partial charge < -0.3 is 9.88 Å². The van der Waals surface area contributed by atoms with Gasteiger partial charge >= 0.3 is 4.87 Å². The van der Waals surface area contributed by atoms with E-state index in [1.165, 1.54) is 4.31 Å². The van der Waals surface area contributed by atoms with E-state index in [0.29, 0.717) is 12.2 Å². The molecular weight excluding hydrogens is 286 g/mol. The summed E-state index contributed by atoms with van der Waals surface area (Å²) in [4.78, 5) is 15.6. The standard InChI is InChI=1S/C11H19N3O3S2/c1-8-10(18-11(15)12-8)19(16,17)14(3)7-9-5-4-6-13(9)2/h9H,4-7H2,1-3H3,(H,12,15). The molecule has 1 saturated heterocycles. The number of likely N-dealkylation sites (tertiary alicyclic amines) is 1. The largest absolute Gasteiger partial charge is 0.315 e. The highest BCUT2D eigenvalue weighted by Crippen LogP contribution is 2.22. The van der Waals surface area contributed by atoms with Crippen LogP contribution in [-0.4, -0.2) is 55.8 Å². The monoisotopic (exact) mass is 305 g/mol. The van der Waals surface area contributed by atoms with Gasteiger partial charge in [0, 0.05) is 25.3 Å². The van der Waals surface area contributed by atoms with Crippen molar-refractivity contribution in [2.24, 2.45) is 0 Å². The van der Waals surface area contributed by atoms with E-state index >= 15 is 0 Å². The van der Waals surface area contributed by atoms with Gasteiger partial charge in [0.15, 0.2) is 4.21 Å². The lowest BCUT2D eigenvalue weighted by molar-refractivity contribution is 0.271. The molecule has 19 heavy (non-hydrogen) atoms. The zero-order chi connectivity index (χ0) is 14.2. The van der Waals surface area contributed by atoms with Crippen molar-refractivity contribution >= 4 is 21.4 Å². The smallest absolute Gasteiger partial charge is 0.305 e. The van der Waals surface area contributed by atoms with Gasteiger partial charge in [0.25, 0.3) is 10.0 Å². The van der Waals surface area contributed by atoms with Crippen LogP contribution < -0.4 is 4.87 Å². The molecule has 1 aliphatic heterocycles. The van der Waals surface area contributed by atoms with Gasteiger partial charge in [-0.15, -0.1) is 0 Å². The van der Waals surface area contributed by atoms with Crippen LogP contribution in [0, 0.1) is 6.92 Å². The van der Waals surface area contributed by atoms with Crippen molar-refractivity contribution in [1.82, 2.24) is 14.2 Å². The maximum atomic E-state index is 12.4. The maximum Gasteiger partial charge on any atom is 0.305 e. The maximum absolute atomic E-state index is 12.4. The topological polar surface area (TPSA) is 73.5 Å². The van der Waals surface area contributed by atoms with Crippen molar-refractivity contribution in [3.8, 4) is 0 Å². The Morgan fingerprint density at radius 2 is 2.21 bits per heavy atom. The van der Waals surface area contributed by atoms with Crippen molar-refractivity contribution in [2.45, 2.75) is 30.0 Å². The molecule has 0 saturated carbocycles. The molecule has 2 heterocycles. The first-order chi connectivity index (χ1) is 8.82. The molecule has 8 heteroatoms. The summed E-state index contributed by atoms with van der Waals surface area (Å²) in [6.45, 7) is 3.08. The Morgan fingerprint density at radius 1 is 1.53 bits per heavy atom. The van der Waals surface area contributed by atoms with E-state index in [4.69, 9.17) is 0 Å². The van der Waals surface area contributed by atoms with E-state index in [0.717, 1.165) is 30.7 Å². The van der Waals surface area contributed by atoms with Gasteiger partial charge in [-0.25, -0.2) is 8.42 Å². The average molecular weight is 305 g/mol. The van der Waals surface area contributed by atoms with Crippen LogP contribution in [0.4, 0.5) is 0 Å². The number of hydrogen-bond acceptors (Lipinski definition) is 5. The van der Waals surface area contributed by atoms with Crippen LogP contribution in [0.1, 0.15) is 18.5 Å². The van der Waals surface area contributed by atoms with Gasteiger partial charge in [-0.3, -0.25) is 4.79 Å². The zero-order valence-corrected chi connectivity index (χ0v) is 13.0. The first kappa shape index (κ1) is 14.7. The van der Waals surface area contributed by atoms with E-state index in [2.05, 4.69) is 9.88 Å². The Hall–Kier alpha value is -0.700. The van der Waals surface area contributed by atoms with Crippen molar-refractivity contribution in [2.75, 3.05) is 27.2 Å². The molecule has 1 aromatic rings. The lowest BCUT2D eigenvalue weighted by Crippen LogP contribution is -2.39. The third kappa shape index (κ3) is 2.91. The highest BCUT2D eigenvalue weighted by Gasteiger charge is 2.30. The van der Waals surface area contributed by atoms with Gasteiger partial charge in [-0.1, -0.05) is 11.3 Å². The van der Waals surface area contributed by atoms with Gasteiger partial charge in [0.2, 0.25) is 0 Å². The molecule has 0 radical (unpaired) electrons. The van der Waals surface area contributed by atoms with Crippen molar-refractivity contribution < 1.29 is 8.42 Å². The summed E-state index contributed by atoms with van der Waals surface area (Å²) >= 11 is 0.754. The lowest BCUT2D eigenvalue weighted by atomic mass is 10.2. The molecule has 1 unspecified atom stereocenters. The molecule has 1 fully saturated rings. The fraction of sp³-hybridized carbons (Fsp3) is 0.727. The van der Waals surface area contributed by atoms with Gasteiger partial charge in [0.1, 0.15) is 0 Å². The predicted octanol–water partition coefficient (Wildman–Crippen LogP) is 0.460. The number of aryl methyl sites for hydroxylation is 1. The Morgan fingerprint density at radius 3 is 2.68 bits per heavy atom. The van der Waals surface area contributed by atoms with Crippen LogP contribution in [0.2, 0.25) is 0 Å². The zero-order valence-electron chi connectivity index (χ0n) is 11.3. The van der Waals surface area contributed by atoms with Gasteiger partial charge in [0.05, 0.1) is 0 Å². The summed E-state index contributed by atoms with van der Waals surface area (Å²) in [6.07, 6.45) is 2.12. The summed E-state index contributed by atoms with van der Waals surface area (Å²) in [5, 5.41) is 0. The molecule has 1 aromatic heterocycles. The molecule has 0 spiro atoms. The van der Waals surface area contributed by atoms with E-state index in [9.17, 15) is 13.2 Å². The fourth-order valence-corrected chi connectivity index (χ4v) is 5.08. The van der Waals surface area contributed by atoms with E-state index in [-0.39, 0.29) is 15.1 Å². The van der Waals surface area contributed by atoms with Crippen LogP contribution in [0.5, 0.6) is 0 Å². The Balaban J connectivity index is 2.20. The second-order valence-corrected chi connectivity index (χ2v) is 8.21. The second kappa shape index (κ2) is 5.35. The first-order valence-corrected chi connectivity index (χ1v) is 8.44. The summed E-state index contributed by atoms with van der Waals surface area (Å²) in [7, 11) is 0.0207. The van der Waals surface area contributed by atoms with Gasteiger partial charge in [-0.2, -0.15) is 4.31 Å². The van der Waals surface area contributed by atoms with Crippen LogP contribution in [-0.2, 0) is 10.0 Å². The predicted molar refractivity (Wildman–Crippen MR) is 75.1 cm³/mol. The average Bonchev–Trinajstić information content (AvgIpc) is 2.86. The Bertz CT molecular complexity index is 605. The molecule has 0 bridgehead atoms. The molecule has 2 rings (SSSR count). The van der Waals surface area contributed by atoms with Crippen LogP contribution in [0.25, 0.3) is 0 Å². The minimum absolute atomic E-state index is 0.126. The minimum atomic E-state index is -3.57. The highest BCUT2D eigenvalue weighted by atomic mass is 32.2. The molecule has 0 aromatic carbocycles. The number of aromatic nitrogens is 1. The number of nitrogens with zero attached hydrogens (tertiary/aromatic N) is 2. The summed E-state index contributed by atoms with van der Waals surface area (Å²) in [5.41, 5.74) is 0.418.